The van der Waals surface area contributed by atoms with E-state index in [2.05, 4.69) is 19.2 Å². The standard InChI is InChI=1S/C30H32O5/c1-19(2)28(31)34-26-16-14-22(15-17-26)25-9-7-8-24(18-25)21-10-12-23(13-11-21)27(30(5,6)33)35-29(32)20(3)4/h7-18,27,29,32-33H,1,3H2,2,4-6H3. The first kappa shape index (κ1) is 26.1. The number of aliphatic hydroxyl groups excluding tert-OH is 1. The van der Waals surface area contributed by atoms with Crippen molar-refractivity contribution in [3.05, 3.63) is 103 Å². The fraction of sp³-hybridized carbons (Fsp3) is 0.233. The van der Waals surface area contributed by atoms with Crippen molar-refractivity contribution in [2.24, 2.45) is 0 Å². The Balaban J connectivity index is 1.82. The Hall–Kier alpha value is -3.51. The molecule has 2 atom stereocenters. The zero-order valence-electron chi connectivity index (χ0n) is 20.6. The van der Waals surface area contributed by atoms with E-state index < -0.39 is 24.0 Å². The second-order valence-corrected chi connectivity index (χ2v) is 9.27. The second-order valence-electron chi connectivity index (χ2n) is 9.27. The molecular formula is C30H32O5. The molecule has 0 saturated carbocycles. The molecule has 0 aliphatic rings. The summed E-state index contributed by atoms with van der Waals surface area (Å²) in [5.74, 6) is 0.0170. The summed E-state index contributed by atoms with van der Waals surface area (Å²) >= 11 is 0. The lowest BCUT2D eigenvalue weighted by Gasteiger charge is -2.32. The molecule has 0 heterocycles. The molecule has 0 fully saturated rings. The van der Waals surface area contributed by atoms with Gasteiger partial charge in [-0.3, -0.25) is 0 Å². The lowest BCUT2D eigenvalue weighted by Crippen LogP contribution is -2.34. The van der Waals surface area contributed by atoms with Gasteiger partial charge >= 0.3 is 5.97 Å². The van der Waals surface area contributed by atoms with Gasteiger partial charge in [-0.1, -0.05) is 67.8 Å². The van der Waals surface area contributed by atoms with Gasteiger partial charge in [-0.15, -0.1) is 0 Å². The Kier molecular flexibility index (Phi) is 8.07. The molecule has 0 aliphatic heterocycles. The van der Waals surface area contributed by atoms with Crippen molar-refractivity contribution in [3.63, 3.8) is 0 Å². The third-order valence-electron chi connectivity index (χ3n) is 5.48. The van der Waals surface area contributed by atoms with Crippen molar-refractivity contribution < 1.29 is 24.5 Å². The lowest BCUT2D eigenvalue weighted by atomic mass is 9.92. The van der Waals surface area contributed by atoms with Gasteiger partial charge in [0.1, 0.15) is 11.9 Å². The number of hydrogen-bond donors (Lipinski definition) is 2. The van der Waals surface area contributed by atoms with Gasteiger partial charge in [0.05, 0.1) is 5.60 Å². The minimum Gasteiger partial charge on any atom is -0.423 e. The minimum absolute atomic E-state index is 0.347. The zero-order chi connectivity index (χ0) is 25.8. The molecule has 0 spiro atoms. The molecule has 0 aromatic heterocycles. The summed E-state index contributed by atoms with van der Waals surface area (Å²) < 4.78 is 11.0. The highest BCUT2D eigenvalue weighted by molar-refractivity contribution is 5.88. The Morgan fingerprint density at radius 3 is 1.83 bits per heavy atom. The van der Waals surface area contributed by atoms with Gasteiger partial charge in [-0.2, -0.15) is 0 Å². The third-order valence-corrected chi connectivity index (χ3v) is 5.48. The third kappa shape index (κ3) is 6.76. The van der Waals surface area contributed by atoms with Crippen molar-refractivity contribution in [3.8, 4) is 28.0 Å². The van der Waals surface area contributed by atoms with E-state index in [9.17, 15) is 15.0 Å². The Labute approximate surface area is 207 Å². The number of carbonyl (C=O) groups is 1. The van der Waals surface area contributed by atoms with Crippen molar-refractivity contribution in [1.82, 2.24) is 0 Å². The van der Waals surface area contributed by atoms with Gasteiger partial charge in [-0.05, 0) is 79.3 Å². The van der Waals surface area contributed by atoms with Gasteiger partial charge in [0, 0.05) is 5.57 Å². The summed E-state index contributed by atoms with van der Waals surface area (Å²) in [6, 6.07) is 23.1. The fourth-order valence-corrected chi connectivity index (χ4v) is 3.54. The first-order chi connectivity index (χ1) is 16.5. The highest BCUT2D eigenvalue weighted by Gasteiger charge is 2.31. The Morgan fingerprint density at radius 1 is 0.857 bits per heavy atom. The highest BCUT2D eigenvalue weighted by atomic mass is 16.6. The average Bonchev–Trinajstić information content (AvgIpc) is 2.82. The molecule has 0 saturated heterocycles. The fourth-order valence-electron chi connectivity index (χ4n) is 3.54. The molecule has 0 aliphatic carbocycles. The van der Waals surface area contributed by atoms with Crippen molar-refractivity contribution in [1.29, 1.82) is 0 Å². The van der Waals surface area contributed by atoms with Crippen LogP contribution in [-0.4, -0.2) is 28.1 Å². The number of benzene rings is 3. The second kappa shape index (κ2) is 10.8. The van der Waals surface area contributed by atoms with Gasteiger partial charge in [0.2, 0.25) is 0 Å². The molecule has 3 aromatic rings. The average molecular weight is 473 g/mol. The van der Waals surface area contributed by atoms with Crippen LogP contribution in [0.4, 0.5) is 0 Å². The normalized spacial score (nSPS) is 13.1. The molecule has 0 amide bonds. The van der Waals surface area contributed by atoms with Crippen molar-refractivity contribution in [2.75, 3.05) is 0 Å². The van der Waals surface area contributed by atoms with Crippen LogP contribution in [0.2, 0.25) is 0 Å². The molecule has 5 nitrogen and oxygen atoms in total. The summed E-state index contributed by atoms with van der Waals surface area (Å²) in [6.45, 7) is 13.9. The van der Waals surface area contributed by atoms with Crippen LogP contribution < -0.4 is 4.74 Å². The molecule has 182 valence electrons. The number of aliphatic hydroxyl groups is 2. The van der Waals surface area contributed by atoms with E-state index in [1.165, 1.54) is 0 Å². The summed E-state index contributed by atoms with van der Waals surface area (Å²) in [6.07, 6.45) is -1.90. The van der Waals surface area contributed by atoms with Crippen molar-refractivity contribution in [2.45, 2.75) is 45.7 Å². The van der Waals surface area contributed by atoms with Crippen LogP contribution in [0, 0.1) is 0 Å². The van der Waals surface area contributed by atoms with E-state index in [0.29, 0.717) is 16.9 Å². The highest BCUT2D eigenvalue weighted by Crippen LogP contribution is 2.33. The summed E-state index contributed by atoms with van der Waals surface area (Å²) in [4.78, 5) is 11.7. The summed E-state index contributed by atoms with van der Waals surface area (Å²) in [7, 11) is 0. The monoisotopic (exact) mass is 472 g/mol. The first-order valence-corrected chi connectivity index (χ1v) is 11.4. The van der Waals surface area contributed by atoms with Gasteiger partial charge in [0.15, 0.2) is 6.29 Å². The summed E-state index contributed by atoms with van der Waals surface area (Å²) in [5.41, 5.74) is 4.39. The number of ether oxygens (including phenoxy) is 2. The number of esters is 1. The zero-order valence-corrected chi connectivity index (χ0v) is 20.6. The number of hydrogen-bond acceptors (Lipinski definition) is 5. The maximum Gasteiger partial charge on any atom is 0.338 e. The van der Waals surface area contributed by atoms with E-state index in [-0.39, 0.29) is 0 Å². The molecular weight excluding hydrogens is 440 g/mol. The smallest absolute Gasteiger partial charge is 0.338 e. The van der Waals surface area contributed by atoms with Crippen LogP contribution in [0.25, 0.3) is 22.3 Å². The Bertz CT molecular complexity index is 1200. The van der Waals surface area contributed by atoms with Crippen LogP contribution >= 0.6 is 0 Å². The molecule has 3 rings (SSSR count). The number of rotatable bonds is 9. The van der Waals surface area contributed by atoms with Crippen LogP contribution in [0.1, 0.15) is 39.4 Å². The van der Waals surface area contributed by atoms with E-state index in [1.807, 2.05) is 54.6 Å². The molecule has 2 unspecified atom stereocenters. The SMILES string of the molecule is C=C(C)C(=O)Oc1ccc(-c2cccc(-c3ccc(C(OC(O)C(=C)C)C(C)(C)O)cc3)c2)cc1. The lowest BCUT2D eigenvalue weighted by molar-refractivity contribution is -0.174. The molecule has 2 N–H and O–H groups in total. The predicted octanol–water partition coefficient (Wildman–Crippen LogP) is 6.23. The molecule has 5 heteroatoms. The van der Waals surface area contributed by atoms with Crippen LogP contribution in [-0.2, 0) is 9.53 Å². The first-order valence-electron chi connectivity index (χ1n) is 11.4. The van der Waals surface area contributed by atoms with Crippen molar-refractivity contribution >= 4 is 5.97 Å². The molecule has 0 radical (unpaired) electrons. The van der Waals surface area contributed by atoms with Gasteiger partial charge < -0.3 is 19.7 Å². The minimum atomic E-state index is -1.21. The van der Waals surface area contributed by atoms with E-state index in [1.54, 1.807) is 39.8 Å². The topological polar surface area (TPSA) is 76.0 Å². The maximum atomic E-state index is 11.7. The molecule has 35 heavy (non-hydrogen) atoms. The van der Waals surface area contributed by atoms with E-state index in [0.717, 1.165) is 27.8 Å². The summed E-state index contributed by atoms with van der Waals surface area (Å²) in [5, 5.41) is 20.7. The van der Waals surface area contributed by atoms with Crippen LogP contribution in [0.3, 0.4) is 0 Å². The van der Waals surface area contributed by atoms with Crippen LogP contribution in [0.5, 0.6) is 5.75 Å². The predicted molar refractivity (Wildman–Crippen MR) is 139 cm³/mol. The van der Waals surface area contributed by atoms with E-state index in [4.69, 9.17) is 9.47 Å². The largest absolute Gasteiger partial charge is 0.423 e. The van der Waals surface area contributed by atoms with Gasteiger partial charge in [0.25, 0.3) is 0 Å². The van der Waals surface area contributed by atoms with Gasteiger partial charge in [-0.25, -0.2) is 4.79 Å². The van der Waals surface area contributed by atoms with E-state index >= 15 is 0 Å². The van der Waals surface area contributed by atoms with Crippen LogP contribution in [0.15, 0.2) is 97.1 Å². The molecule has 3 aromatic carbocycles. The molecule has 0 bridgehead atoms. The maximum absolute atomic E-state index is 11.7. The number of carbonyl (C=O) groups excluding carboxylic acids is 1. The quantitative estimate of drug-likeness (QED) is 0.127. The Morgan fingerprint density at radius 2 is 1.37 bits per heavy atom.